The molecule has 1 aliphatic rings. The van der Waals surface area contributed by atoms with Crippen molar-refractivity contribution in [1.82, 2.24) is 14.5 Å². The quantitative estimate of drug-likeness (QED) is 0.899. The summed E-state index contributed by atoms with van der Waals surface area (Å²) in [6.45, 7) is 0.255. The Balaban J connectivity index is 1.76. The Kier molecular flexibility index (Phi) is 4.55. The molecule has 2 aromatic rings. The molecular formula is C17H18F3N3O2. The number of hydrogen-bond acceptors (Lipinski definition) is 3. The Morgan fingerprint density at radius 1 is 1.36 bits per heavy atom. The lowest BCUT2D eigenvalue weighted by molar-refractivity contribution is -0.142. The zero-order valence-corrected chi connectivity index (χ0v) is 13.6. The first-order chi connectivity index (χ1) is 11.8. The van der Waals surface area contributed by atoms with Gasteiger partial charge in [-0.1, -0.05) is 12.1 Å². The molecule has 1 saturated carbocycles. The molecule has 1 fully saturated rings. The van der Waals surface area contributed by atoms with Crippen molar-refractivity contribution in [3.8, 4) is 0 Å². The summed E-state index contributed by atoms with van der Waals surface area (Å²) in [7, 11) is 1.81. The molecule has 1 atom stereocenters. The maximum absolute atomic E-state index is 12.7. The van der Waals surface area contributed by atoms with Crippen molar-refractivity contribution in [1.29, 1.82) is 0 Å². The molecule has 25 heavy (non-hydrogen) atoms. The minimum Gasteiger partial charge on any atom is -0.378 e. The van der Waals surface area contributed by atoms with E-state index in [1.165, 1.54) is 0 Å². The van der Waals surface area contributed by atoms with E-state index in [1.807, 2.05) is 7.05 Å². The van der Waals surface area contributed by atoms with Gasteiger partial charge in [0.1, 0.15) is 5.82 Å². The van der Waals surface area contributed by atoms with Gasteiger partial charge in [0.05, 0.1) is 12.1 Å². The Morgan fingerprint density at radius 3 is 2.48 bits per heavy atom. The van der Waals surface area contributed by atoms with E-state index in [-0.39, 0.29) is 18.2 Å². The largest absolute Gasteiger partial charge is 0.416 e. The van der Waals surface area contributed by atoms with Crippen molar-refractivity contribution in [3.63, 3.8) is 0 Å². The van der Waals surface area contributed by atoms with Crippen LogP contribution < -0.4 is 0 Å². The summed E-state index contributed by atoms with van der Waals surface area (Å²) in [4.78, 5) is 18.4. The molecule has 5 nitrogen and oxygen atoms in total. The summed E-state index contributed by atoms with van der Waals surface area (Å²) in [5.74, 6) is 0.158. The van der Waals surface area contributed by atoms with Gasteiger partial charge in [0.25, 0.3) is 5.91 Å². The van der Waals surface area contributed by atoms with E-state index in [2.05, 4.69) is 4.98 Å². The third-order valence-electron chi connectivity index (χ3n) is 4.29. The number of alkyl halides is 3. The molecule has 3 rings (SSSR count). The molecule has 0 saturated heterocycles. The average Bonchev–Trinajstić information content (AvgIpc) is 3.33. The predicted octanol–water partition coefficient (Wildman–Crippen LogP) is 2.66. The first kappa shape index (κ1) is 17.5. The van der Waals surface area contributed by atoms with Crippen molar-refractivity contribution in [2.75, 3.05) is 0 Å². The SMILES string of the molecule is Cn1ccnc1CN(C(=O)C(O)c1ccc(C(F)(F)F)cc1)C1CC1. The number of aromatic nitrogens is 2. The standard InChI is InChI=1S/C17H18F3N3O2/c1-22-9-8-21-14(22)10-23(13-6-7-13)16(25)15(24)11-2-4-12(5-3-11)17(18,19)20/h2-5,8-9,13,15,24H,6-7,10H2,1H3. The number of aliphatic hydroxyl groups excluding tert-OH is 1. The topological polar surface area (TPSA) is 58.4 Å². The summed E-state index contributed by atoms with van der Waals surface area (Å²) in [6.07, 6.45) is -0.880. The van der Waals surface area contributed by atoms with Gasteiger partial charge in [-0.3, -0.25) is 4.79 Å². The van der Waals surface area contributed by atoms with Gasteiger partial charge in [-0.25, -0.2) is 4.98 Å². The number of halogens is 3. The van der Waals surface area contributed by atoms with E-state index >= 15 is 0 Å². The molecule has 1 N–H and O–H groups in total. The highest BCUT2D eigenvalue weighted by Gasteiger charge is 2.37. The number of rotatable bonds is 5. The minimum atomic E-state index is -4.45. The zero-order chi connectivity index (χ0) is 18.2. The lowest BCUT2D eigenvalue weighted by Gasteiger charge is -2.25. The van der Waals surface area contributed by atoms with E-state index in [4.69, 9.17) is 0 Å². The van der Waals surface area contributed by atoms with Crippen LogP contribution in [0, 0.1) is 0 Å². The first-order valence-electron chi connectivity index (χ1n) is 7.89. The van der Waals surface area contributed by atoms with E-state index in [0.717, 1.165) is 37.1 Å². The Labute approximate surface area is 142 Å². The molecule has 1 heterocycles. The van der Waals surface area contributed by atoms with Crippen LogP contribution in [0.15, 0.2) is 36.7 Å². The number of imidazole rings is 1. The van der Waals surface area contributed by atoms with Crippen molar-refractivity contribution < 1.29 is 23.1 Å². The van der Waals surface area contributed by atoms with E-state index in [9.17, 15) is 23.1 Å². The fraction of sp³-hybridized carbons (Fsp3) is 0.412. The van der Waals surface area contributed by atoms with Gasteiger partial charge in [0, 0.05) is 25.5 Å². The smallest absolute Gasteiger partial charge is 0.378 e. The number of aliphatic hydroxyl groups is 1. The van der Waals surface area contributed by atoms with Gasteiger partial charge in [0.15, 0.2) is 6.10 Å². The number of benzene rings is 1. The number of carbonyl (C=O) groups excluding carboxylic acids is 1. The normalized spacial score (nSPS) is 15.9. The van der Waals surface area contributed by atoms with Crippen LogP contribution in [0.1, 0.15) is 35.9 Å². The van der Waals surface area contributed by atoms with Gasteiger partial charge < -0.3 is 14.6 Å². The summed E-state index contributed by atoms with van der Waals surface area (Å²) in [6, 6.07) is 4.04. The fourth-order valence-corrected chi connectivity index (χ4v) is 2.63. The molecule has 1 amide bonds. The molecule has 0 aliphatic heterocycles. The van der Waals surface area contributed by atoms with E-state index in [1.54, 1.807) is 21.9 Å². The second-order valence-electron chi connectivity index (χ2n) is 6.17. The lowest BCUT2D eigenvalue weighted by atomic mass is 10.1. The minimum absolute atomic E-state index is 0.0355. The predicted molar refractivity (Wildman–Crippen MR) is 83.2 cm³/mol. The second-order valence-corrected chi connectivity index (χ2v) is 6.17. The van der Waals surface area contributed by atoms with Gasteiger partial charge in [-0.05, 0) is 30.5 Å². The van der Waals surface area contributed by atoms with Crippen molar-refractivity contribution in [2.45, 2.75) is 37.7 Å². The van der Waals surface area contributed by atoms with Crippen molar-refractivity contribution >= 4 is 5.91 Å². The fourth-order valence-electron chi connectivity index (χ4n) is 2.63. The number of nitrogens with zero attached hydrogens (tertiary/aromatic N) is 3. The van der Waals surface area contributed by atoms with Crippen LogP contribution in [0.4, 0.5) is 13.2 Å². The van der Waals surface area contributed by atoms with Crippen molar-refractivity contribution in [2.24, 2.45) is 7.05 Å². The van der Waals surface area contributed by atoms with Crippen LogP contribution in [0.5, 0.6) is 0 Å². The lowest BCUT2D eigenvalue weighted by Crippen LogP contribution is -2.37. The summed E-state index contributed by atoms with van der Waals surface area (Å²) in [5.41, 5.74) is -0.675. The first-order valence-corrected chi connectivity index (χ1v) is 7.89. The summed E-state index contributed by atoms with van der Waals surface area (Å²) >= 11 is 0. The summed E-state index contributed by atoms with van der Waals surface area (Å²) < 4.78 is 39.7. The molecule has 0 spiro atoms. The Hall–Kier alpha value is -2.35. The van der Waals surface area contributed by atoms with Crippen LogP contribution in [-0.4, -0.2) is 31.5 Å². The highest BCUT2D eigenvalue weighted by Crippen LogP contribution is 2.32. The molecule has 134 valence electrons. The third kappa shape index (κ3) is 3.84. The monoisotopic (exact) mass is 353 g/mol. The Morgan fingerprint density at radius 2 is 2.00 bits per heavy atom. The van der Waals surface area contributed by atoms with Crippen LogP contribution in [0.2, 0.25) is 0 Å². The van der Waals surface area contributed by atoms with Crippen LogP contribution in [-0.2, 0) is 24.6 Å². The Bertz CT molecular complexity index is 751. The molecule has 8 heteroatoms. The van der Waals surface area contributed by atoms with Gasteiger partial charge in [-0.15, -0.1) is 0 Å². The van der Waals surface area contributed by atoms with E-state index < -0.39 is 23.8 Å². The number of aryl methyl sites for hydroxylation is 1. The molecule has 0 bridgehead atoms. The average molecular weight is 353 g/mol. The molecular weight excluding hydrogens is 335 g/mol. The number of hydrogen-bond donors (Lipinski definition) is 1. The van der Waals surface area contributed by atoms with Crippen molar-refractivity contribution in [3.05, 3.63) is 53.6 Å². The molecule has 1 aromatic carbocycles. The van der Waals surface area contributed by atoms with Crippen LogP contribution >= 0.6 is 0 Å². The number of carbonyl (C=O) groups is 1. The molecule has 1 unspecified atom stereocenters. The van der Waals surface area contributed by atoms with Crippen LogP contribution in [0.3, 0.4) is 0 Å². The van der Waals surface area contributed by atoms with E-state index in [0.29, 0.717) is 5.82 Å². The highest BCUT2D eigenvalue weighted by atomic mass is 19.4. The maximum Gasteiger partial charge on any atom is 0.416 e. The third-order valence-corrected chi connectivity index (χ3v) is 4.29. The maximum atomic E-state index is 12.7. The second kappa shape index (κ2) is 6.51. The van der Waals surface area contributed by atoms with Gasteiger partial charge in [0.2, 0.25) is 0 Å². The zero-order valence-electron chi connectivity index (χ0n) is 13.6. The van der Waals surface area contributed by atoms with Gasteiger partial charge >= 0.3 is 6.18 Å². The number of amides is 1. The summed E-state index contributed by atoms with van der Waals surface area (Å²) in [5, 5.41) is 10.3. The van der Waals surface area contributed by atoms with Gasteiger partial charge in [-0.2, -0.15) is 13.2 Å². The molecule has 1 aliphatic carbocycles. The molecule has 0 radical (unpaired) electrons. The van der Waals surface area contributed by atoms with Crippen LogP contribution in [0.25, 0.3) is 0 Å². The highest BCUT2D eigenvalue weighted by molar-refractivity contribution is 5.82. The molecule has 1 aromatic heterocycles.